The quantitative estimate of drug-likeness (QED) is 0.810. The molecule has 0 saturated heterocycles. The first-order valence-electron chi connectivity index (χ1n) is 7.32. The van der Waals surface area contributed by atoms with E-state index in [4.69, 9.17) is 10.5 Å². The predicted molar refractivity (Wildman–Crippen MR) is 97.3 cm³/mol. The van der Waals surface area contributed by atoms with Gasteiger partial charge in [-0.3, -0.25) is 4.79 Å². The summed E-state index contributed by atoms with van der Waals surface area (Å²) in [6, 6.07) is 15.0. The van der Waals surface area contributed by atoms with Gasteiger partial charge in [-0.1, -0.05) is 44.2 Å². The Balaban J connectivity index is 0.00000264. The molecule has 1 amide bonds. The van der Waals surface area contributed by atoms with E-state index in [9.17, 15) is 4.79 Å². The van der Waals surface area contributed by atoms with Crippen molar-refractivity contribution in [3.63, 3.8) is 0 Å². The number of nitrogens with one attached hydrogen (secondary N) is 1. The fraction of sp³-hybridized carbons (Fsp3) is 0.278. The van der Waals surface area contributed by atoms with E-state index in [1.54, 1.807) is 25.3 Å². The summed E-state index contributed by atoms with van der Waals surface area (Å²) in [5.41, 5.74) is 8.06. The van der Waals surface area contributed by atoms with Crippen LogP contribution in [0.25, 0.3) is 0 Å². The molecule has 2 rings (SSSR count). The number of hydrogen-bond acceptors (Lipinski definition) is 3. The summed E-state index contributed by atoms with van der Waals surface area (Å²) in [4.78, 5) is 12.6. The van der Waals surface area contributed by atoms with Crippen molar-refractivity contribution in [1.29, 1.82) is 0 Å². The van der Waals surface area contributed by atoms with Crippen LogP contribution in [0.5, 0.6) is 5.75 Å². The Bertz CT molecular complexity index is 645. The summed E-state index contributed by atoms with van der Waals surface area (Å²) < 4.78 is 5.12. The van der Waals surface area contributed by atoms with Gasteiger partial charge in [0.2, 0.25) is 5.91 Å². The maximum absolute atomic E-state index is 12.6. The van der Waals surface area contributed by atoms with Crippen LogP contribution in [0.4, 0.5) is 11.4 Å². The Morgan fingerprint density at radius 3 is 2.30 bits per heavy atom. The smallest absolute Gasteiger partial charge is 0.232 e. The molecule has 124 valence electrons. The van der Waals surface area contributed by atoms with Crippen molar-refractivity contribution in [2.75, 3.05) is 18.2 Å². The fourth-order valence-corrected chi connectivity index (χ4v) is 2.53. The first-order valence-corrected chi connectivity index (χ1v) is 7.32. The van der Waals surface area contributed by atoms with Crippen LogP contribution < -0.4 is 15.8 Å². The van der Waals surface area contributed by atoms with Crippen LogP contribution in [0.1, 0.15) is 25.3 Å². The van der Waals surface area contributed by atoms with Gasteiger partial charge in [0.15, 0.2) is 0 Å². The molecule has 4 nitrogen and oxygen atoms in total. The third-order valence-corrected chi connectivity index (χ3v) is 3.61. The van der Waals surface area contributed by atoms with E-state index < -0.39 is 0 Å². The molecule has 23 heavy (non-hydrogen) atoms. The highest BCUT2D eigenvalue weighted by Crippen LogP contribution is 2.28. The largest absolute Gasteiger partial charge is 0.495 e. The number of anilines is 2. The third-order valence-electron chi connectivity index (χ3n) is 3.61. The lowest BCUT2D eigenvalue weighted by molar-refractivity contribution is -0.118. The van der Waals surface area contributed by atoms with Crippen molar-refractivity contribution in [2.45, 2.75) is 19.8 Å². The first kappa shape index (κ1) is 18.8. The summed E-state index contributed by atoms with van der Waals surface area (Å²) in [5, 5.41) is 2.94. The summed E-state index contributed by atoms with van der Waals surface area (Å²) in [6.45, 7) is 4.08. The van der Waals surface area contributed by atoms with Crippen molar-refractivity contribution in [3.05, 3.63) is 54.1 Å². The lowest BCUT2D eigenvalue weighted by Gasteiger charge is -2.21. The topological polar surface area (TPSA) is 64.3 Å². The Morgan fingerprint density at radius 2 is 1.78 bits per heavy atom. The molecule has 0 aliphatic heterocycles. The van der Waals surface area contributed by atoms with E-state index >= 15 is 0 Å². The SMILES string of the molecule is COc1ccc(NC(=O)C(c2ccccc2)C(C)C)cc1N.Cl. The zero-order valence-electron chi connectivity index (χ0n) is 13.6. The Kier molecular flexibility index (Phi) is 6.91. The molecule has 3 N–H and O–H groups in total. The van der Waals surface area contributed by atoms with Gasteiger partial charge in [0.25, 0.3) is 0 Å². The highest BCUT2D eigenvalue weighted by Gasteiger charge is 2.24. The van der Waals surface area contributed by atoms with Gasteiger partial charge in [-0.2, -0.15) is 0 Å². The van der Waals surface area contributed by atoms with Gasteiger partial charge in [-0.25, -0.2) is 0 Å². The molecule has 0 saturated carbocycles. The van der Waals surface area contributed by atoms with E-state index in [1.807, 2.05) is 44.2 Å². The van der Waals surface area contributed by atoms with Crippen LogP contribution >= 0.6 is 12.4 Å². The number of carbonyl (C=O) groups is 1. The zero-order valence-corrected chi connectivity index (χ0v) is 14.4. The molecule has 0 bridgehead atoms. The molecule has 0 aliphatic carbocycles. The Morgan fingerprint density at radius 1 is 1.13 bits per heavy atom. The van der Waals surface area contributed by atoms with Gasteiger partial charge in [0, 0.05) is 5.69 Å². The summed E-state index contributed by atoms with van der Waals surface area (Å²) in [6.07, 6.45) is 0. The molecule has 0 spiro atoms. The van der Waals surface area contributed by atoms with Crippen LogP contribution in [-0.2, 0) is 4.79 Å². The molecular weight excluding hydrogens is 312 g/mol. The number of hydrogen-bond donors (Lipinski definition) is 2. The molecule has 1 atom stereocenters. The number of halogens is 1. The maximum Gasteiger partial charge on any atom is 0.232 e. The molecule has 0 aromatic heterocycles. The van der Waals surface area contributed by atoms with Crippen molar-refractivity contribution in [1.82, 2.24) is 0 Å². The number of rotatable bonds is 5. The van der Waals surface area contributed by atoms with E-state index in [0.717, 1.165) is 5.56 Å². The second-order valence-corrected chi connectivity index (χ2v) is 5.58. The maximum atomic E-state index is 12.6. The lowest BCUT2D eigenvalue weighted by atomic mass is 9.87. The van der Waals surface area contributed by atoms with E-state index in [1.165, 1.54) is 0 Å². The zero-order chi connectivity index (χ0) is 16.1. The van der Waals surface area contributed by atoms with Gasteiger partial charge >= 0.3 is 0 Å². The van der Waals surface area contributed by atoms with Crippen molar-refractivity contribution in [2.24, 2.45) is 5.92 Å². The monoisotopic (exact) mass is 334 g/mol. The van der Waals surface area contributed by atoms with Crippen LogP contribution in [0.15, 0.2) is 48.5 Å². The Hall–Kier alpha value is -2.20. The molecular formula is C18H23ClN2O2. The van der Waals surface area contributed by atoms with Gasteiger partial charge in [-0.05, 0) is 29.7 Å². The molecule has 5 heteroatoms. The lowest BCUT2D eigenvalue weighted by Crippen LogP contribution is -2.25. The van der Waals surface area contributed by atoms with Crippen LogP contribution in [0.3, 0.4) is 0 Å². The van der Waals surface area contributed by atoms with E-state index in [-0.39, 0.29) is 30.2 Å². The average Bonchev–Trinajstić information content (AvgIpc) is 2.48. The highest BCUT2D eigenvalue weighted by atomic mass is 35.5. The number of methoxy groups -OCH3 is 1. The van der Waals surface area contributed by atoms with Crippen LogP contribution in [0, 0.1) is 5.92 Å². The number of nitrogen functional groups attached to an aromatic ring is 1. The fourth-order valence-electron chi connectivity index (χ4n) is 2.53. The van der Waals surface area contributed by atoms with Crippen molar-refractivity contribution >= 4 is 29.7 Å². The number of benzene rings is 2. The van der Waals surface area contributed by atoms with Crippen molar-refractivity contribution in [3.8, 4) is 5.75 Å². The summed E-state index contributed by atoms with van der Waals surface area (Å²) >= 11 is 0. The van der Waals surface area contributed by atoms with Gasteiger partial charge in [0.05, 0.1) is 18.7 Å². The number of amides is 1. The Labute approximate surface area is 143 Å². The molecule has 0 heterocycles. The second kappa shape index (κ2) is 8.44. The molecule has 1 unspecified atom stereocenters. The van der Waals surface area contributed by atoms with Gasteiger partial charge in [-0.15, -0.1) is 12.4 Å². The summed E-state index contributed by atoms with van der Waals surface area (Å²) in [5.74, 6) is 0.551. The number of nitrogens with two attached hydrogens (primary N) is 1. The van der Waals surface area contributed by atoms with E-state index in [0.29, 0.717) is 17.1 Å². The standard InChI is InChI=1S/C18H22N2O2.ClH/c1-12(2)17(13-7-5-4-6-8-13)18(21)20-14-9-10-16(22-3)15(19)11-14;/h4-12,17H,19H2,1-3H3,(H,20,21);1H. The van der Waals surface area contributed by atoms with Crippen molar-refractivity contribution < 1.29 is 9.53 Å². The number of ether oxygens (including phenoxy) is 1. The molecule has 0 radical (unpaired) electrons. The minimum absolute atomic E-state index is 0. The molecule has 2 aromatic carbocycles. The van der Waals surface area contributed by atoms with Crippen LogP contribution in [0.2, 0.25) is 0 Å². The van der Waals surface area contributed by atoms with Gasteiger partial charge in [0.1, 0.15) is 5.75 Å². The molecule has 0 aliphatic rings. The molecule has 0 fully saturated rings. The second-order valence-electron chi connectivity index (χ2n) is 5.58. The normalized spacial score (nSPS) is 11.5. The highest BCUT2D eigenvalue weighted by molar-refractivity contribution is 5.96. The predicted octanol–water partition coefficient (Wildman–Crippen LogP) is 4.08. The first-order chi connectivity index (χ1) is 10.5. The minimum Gasteiger partial charge on any atom is -0.495 e. The van der Waals surface area contributed by atoms with Crippen LogP contribution in [-0.4, -0.2) is 13.0 Å². The third kappa shape index (κ3) is 4.63. The van der Waals surface area contributed by atoms with Gasteiger partial charge < -0.3 is 15.8 Å². The number of carbonyl (C=O) groups excluding carboxylic acids is 1. The summed E-state index contributed by atoms with van der Waals surface area (Å²) in [7, 11) is 1.56. The molecule has 2 aromatic rings. The average molecular weight is 335 g/mol. The minimum atomic E-state index is -0.204. The van der Waals surface area contributed by atoms with E-state index in [2.05, 4.69) is 5.32 Å².